The average Bonchev–Trinajstić information content (AvgIpc) is 2.46. The van der Waals surface area contributed by atoms with Crippen LogP contribution in [0.25, 0.3) is 0 Å². The molecule has 0 spiro atoms. The van der Waals surface area contributed by atoms with E-state index in [1.165, 1.54) is 36.9 Å². The van der Waals surface area contributed by atoms with Crippen LogP contribution in [-0.4, -0.2) is 33.2 Å². The molecule has 3 N–H and O–H groups in total. The van der Waals surface area contributed by atoms with Gasteiger partial charge in [0.25, 0.3) is 0 Å². The van der Waals surface area contributed by atoms with Gasteiger partial charge in [-0.05, 0) is 68.8 Å². The molecule has 3 nitrogen and oxygen atoms in total. The zero-order valence-corrected chi connectivity index (χ0v) is 12.9. The topological polar surface area (TPSA) is 41.3 Å². The molecule has 0 heterocycles. The Bertz CT molecular complexity index is 378. The molecule has 0 atom stereocenters. The number of benzene rings is 1. The van der Waals surface area contributed by atoms with Crippen LogP contribution in [0.3, 0.4) is 0 Å². The molecule has 112 valence electrons. The standard InChI is InChI=1S/C17H29N3/c1-20(2)17-9-5-14(6-10-17)11-12-19-13-15-3-7-16(18)8-4-15/h5-6,9-10,15-16,19H,3-4,7-8,11-13,18H2,1-2H3. The van der Waals surface area contributed by atoms with Crippen molar-refractivity contribution in [3.8, 4) is 0 Å². The summed E-state index contributed by atoms with van der Waals surface area (Å²) < 4.78 is 0. The highest BCUT2D eigenvalue weighted by Gasteiger charge is 2.17. The smallest absolute Gasteiger partial charge is 0.0361 e. The van der Waals surface area contributed by atoms with Crippen molar-refractivity contribution in [1.82, 2.24) is 5.32 Å². The third-order valence-electron chi connectivity index (χ3n) is 4.37. The second-order valence-electron chi connectivity index (χ2n) is 6.30. The molecular weight excluding hydrogens is 246 g/mol. The third-order valence-corrected chi connectivity index (χ3v) is 4.37. The van der Waals surface area contributed by atoms with Crippen LogP contribution < -0.4 is 16.0 Å². The maximum Gasteiger partial charge on any atom is 0.0361 e. The Morgan fingerprint density at radius 3 is 2.35 bits per heavy atom. The van der Waals surface area contributed by atoms with E-state index in [1.807, 2.05) is 0 Å². The predicted molar refractivity (Wildman–Crippen MR) is 87.3 cm³/mol. The van der Waals surface area contributed by atoms with E-state index in [2.05, 4.69) is 48.6 Å². The average molecular weight is 275 g/mol. The first-order valence-electron chi connectivity index (χ1n) is 7.87. The number of anilines is 1. The van der Waals surface area contributed by atoms with Crippen molar-refractivity contribution in [3.63, 3.8) is 0 Å². The Kier molecular flexibility index (Phi) is 5.86. The Morgan fingerprint density at radius 1 is 1.10 bits per heavy atom. The number of hydrogen-bond acceptors (Lipinski definition) is 3. The van der Waals surface area contributed by atoms with Crippen molar-refractivity contribution in [2.24, 2.45) is 11.7 Å². The van der Waals surface area contributed by atoms with Crippen LogP contribution in [0.2, 0.25) is 0 Å². The van der Waals surface area contributed by atoms with E-state index in [4.69, 9.17) is 5.73 Å². The first-order valence-corrected chi connectivity index (χ1v) is 7.87. The molecule has 3 heteroatoms. The lowest BCUT2D eigenvalue weighted by Gasteiger charge is -2.26. The molecule has 1 saturated carbocycles. The molecule has 0 aliphatic heterocycles. The van der Waals surface area contributed by atoms with Gasteiger partial charge in [-0.15, -0.1) is 0 Å². The van der Waals surface area contributed by atoms with Crippen molar-refractivity contribution < 1.29 is 0 Å². The molecule has 0 saturated heterocycles. The zero-order valence-electron chi connectivity index (χ0n) is 12.9. The lowest BCUT2D eigenvalue weighted by atomic mass is 9.86. The number of nitrogens with zero attached hydrogens (tertiary/aromatic N) is 1. The van der Waals surface area contributed by atoms with E-state index in [9.17, 15) is 0 Å². The maximum atomic E-state index is 5.94. The van der Waals surface area contributed by atoms with Crippen LogP contribution in [0.4, 0.5) is 5.69 Å². The van der Waals surface area contributed by atoms with Gasteiger partial charge in [-0.25, -0.2) is 0 Å². The highest BCUT2D eigenvalue weighted by atomic mass is 15.1. The summed E-state index contributed by atoms with van der Waals surface area (Å²) in [6.45, 7) is 2.23. The Morgan fingerprint density at radius 2 is 1.75 bits per heavy atom. The van der Waals surface area contributed by atoms with Gasteiger partial charge >= 0.3 is 0 Å². The first kappa shape index (κ1) is 15.3. The second-order valence-corrected chi connectivity index (χ2v) is 6.30. The van der Waals surface area contributed by atoms with Crippen LogP contribution >= 0.6 is 0 Å². The predicted octanol–water partition coefficient (Wildman–Crippen LogP) is 2.40. The van der Waals surface area contributed by atoms with Crippen LogP contribution in [0.15, 0.2) is 24.3 Å². The molecular formula is C17H29N3. The number of nitrogens with two attached hydrogens (primary N) is 1. The van der Waals surface area contributed by atoms with E-state index < -0.39 is 0 Å². The lowest BCUT2D eigenvalue weighted by Crippen LogP contribution is -2.32. The highest BCUT2D eigenvalue weighted by Crippen LogP contribution is 2.22. The van der Waals surface area contributed by atoms with Gasteiger partial charge in [0.15, 0.2) is 0 Å². The summed E-state index contributed by atoms with van der Waals surface area (Å²) in [7, 11) is 4.15. The van der Waals surface area contributed by atoms with Gasteiger partial charge in [-0.2, -0.15) is 0 Å². The van der Waals surface area contributed by atoms with E-state index in [0.29, 0.717) is 6.04 Å². The molecule has 1 aromatic carbocycles. The highest BCUT2D eigenvalue weighted by molar-refractivity contribution is 5.45. The van der Waals surface area contributed by atoms with Gasteiger partial charge in [-0.3, -0.25) is 0 Å². The van der Waals surface area contributed by atoms with Crippen LogP contribution in [0, 0.1) is 5.92 Å². The lowest BCUT2D eigenvalue weighted by molar-refractivity contribution is 0.315. The monoisotopic (exact) mass is 275 g/mol. The van der Waals surface area contributed by atoms with Crippen molar-refractivity contribution in [1.29, 1.82) is 0 Å². The fourth-order valence-corrected chi connectivity index (χ4v) is 2.89. The zero-order chi connectivity index (χ0) is 14.4. The quantitative estimate of drug-likeness (QED) is 0.783. The Labute approximate surface area is 123 Å². The van der Waals surface area contributed by atoms with Gasteiger partial charge in [-0.1, -0.05) is 12.1 Å². The second kappa shape index (κ2) is 7.65. The SMILES string of the molecule is CN(C)c1ccc(CCNCC2CCC(N)CC2)cc1. The largest absolute Gasteiger partial charge is 0.378 e. The number of nitrogens with one attached hydrogen (secondary N) is 1. The third kappa shape index (κ3) is 4.80. The number of rotatable bonds is 6. The summed E-state index contributed by atoms with van der Waals surface area (Å²) in [6, 6.07) is 9.31. The summed E-state index contributed by atoms with van der Waals surface area (Å²) in [5, 5.41) is 3.60. The van der Waals surface area contributed by atoms with Crippen molar-refractivity contribution >= 4 is 5.69 Å². The molecule has 0 amide bonds. The number of hydrogen-bond donors (Lipinski definition) is 2. The molecule has 0 aromatic heterocycles. The molecule has 1 aliphatic rings. The molecule has 20 heavy (non-hydrogen) atoms. The molecule has 0 radical (unpaired) electrons. The van der Waals surface area contributed by atoms with Crippen molar-refractivity contribution in [2.75, 3.05) is 32.1 Å². The Balaban J connectivity index is 1.63. The van der Waals surface area contributed by atoms with E-state index in [-0.39, 0.29) is 0 Å². The molecule has 2 rings (SSSR count). The fraction of sp³-hybridized carbons (Fsp3) is 0.647. The summed E-state index contributed by atoms with van der Waals surface area (Å²) in [4.78, 5) is 2.13. The van der Waals surface area contributed by atoms with E-state index in [0.717, 1.165) is 25.4 Å². The van der Waals surface area contributed by atoms with Crippen LogP contribution in [0.5, 0.6) is 0 Å². The van der Waals surface area contributed by atoms with Crippen molar-refractivity contribution in [3.05, 3.63) is 29.8 Å². The normalized spacial score (nSPS) is 22.8. The molecule has 0 bridgehead atoms. The molecule has 1 aromatic rings. The fourth-order valence-electron chi connectivity index (χ4n) is 2.89. The van der Waals surface area contributed by atoms with Gasteiger partial charge in [0.2, 0.25) is 0 Å². The van der Waals surface area contributed by atoms with Gasteiger partial charge in [0.05, 0.1) is 0 Å². The molecule has 0 unspecified atom stereocenters. The summed E-state index contributed by atoms with van der Waals surface area (Å²) >= 11 is 0. The minimum absolute atomic E-state index is 0.460. The summed E-state index contributed by atoms with van der Waals surface area (Å²) in [6.07, 6.45) is 6.12. The van der Waals surface area contributed by atoms with Gasteiger partial charge in [0, 0.05) is 25.8 Å². The summed E-state index contributed by atoms with van der Waals surface area (Å²) in [5.74, 6) is 0.839. The van der Waals surface area contributed by atoms with Crippen molar-refractivity contribution in [2.45, 2.75) is 38.1 Å². The van der Waals surface area contributed by atoms with Crippen LogP contribution in [0.1, 0.15) is 31.2 Å². The molecule has 1 fully saturated rings. The first-order chi connectivity index (χ1) is 9.65. The maximum absolute atomic E-state index is 5.94. The Hall–Kier alpha value is -1.06. The van der Waals surface area contributed by atoms with E-state index >= 15 is 0 Å². The van der Waals surface area contributed by atoms with Crippen LogP contribution in [-0.2, 0) is 6.42 Å². The van der Waals surface area contributed by atoms with Gasteiger partial charge < -0.3 is 16.0 Å². The molecule has 1 aliphatic carbocycles. The minimum atomic E-state index is 0.460. The summed E-state index contributed by atoms with van der Waals surface area (Å²) in [5.41, 5.74) is 8.61. The van der Waals surface area contributed by atoms with Gasteiger partial charge in [0.1, 0.15) is 0 Å². The van der Waals surface area contributed by atoms with E-state index in [1.54, 1.807) is 0 Å². The minimum Gasteiger partial charge on any atom is -0.378 e.